The van der Waals surface area contributed by atoms with Crippen molar-refractivity contribution in [2.45, 2.75) is 25.7 Å². The lowest BCUT2D eigenvalue weighted by molar-refractivity contribution is 0.473. The number of benzene rings is 4. The molecule has 0 fully saturated rings. The molecule has 0 bridgehead atoms. The van der Waals surface area contributed by atoms with Gasteiger partial charge in [-0.15, -0.1) is 0 Å². The zero-order valence-electron chi connectivity index (χ0n) is 16.4. The topological polar surface area (TPSA) is 93.6 Å². The number of guanidine groups is 1. The molecular weight excluding hydrogens is 374 g/mol. The Morgan fingerprint density at radius 2 is 1.17 bits per heavy atom. The van der Waals surface area contributed by atoms with E-state index in [2.05, 4.69) is 12.1 Å². The molecule has 0 saturated heterocycles. The van der Waals surface area contributed by atoms with Crippen molar-refractivity contribution in [2.75, 3.05) is 4.90 Å². The standard InChI is InChI=1S/C25H21N3O2/c26-25(27)28(23-17-5-1-3-13-7-9-15(21(13)17)11-19(23)29)24-18-6-2-4-14-8-10-16(22(14)18)12-20(24)30/h1-6,11-12,29-30H,7-10H2,(H3,26,27). The second-order valence-corrected chi connectivity index (χ2v) is 8.21. The molecule has 6 rings (SSSR count). The molecule has 0 amide bonds. The minimum atomic E-state index is -0.252. The Balaban J connectivity index is 1.73. The summed E-state index contributed by atoms with van der Waals surface area (Å²) in [5.41, 5.74) is 11.7. The summed E-state index contributed by atoms with van der Waals surface area (Å²) in [6.07, 6.45) is 3.63. The molecule has 2 aliphatic carbocycles. The first-order chi connectivity index (χ1) is 14.5. The number of aromatic hydroxyl groups is 2. The van der Waals surface area contributed by atoms with Crippen LogP contribution >= 0.6 is 0 Å². The highest BCUT2D eigenvalue weighted by atomic mass is 16.3. The van der Waals surface area contributed by atoms with Gasteiger partial charge in [-0.25, -0.2) is 0 Å². The van der Waals surface area contributed by atoms with Crippen molar-refractivity contribution >= 4 is 38.9 Å². The molecule has 5 heteroatoms. The van der Waals surface area contributed by atoms with Crippen LogP contribution in [0.15, 0.2) is 48.5 Å². The molecule has 0 unspecified atom stereocenters. The molecule has 0 saturated carbocycles. The third-order valence-corrected chi connectivity index (χ3v) is 6.58. The van der Waals surface area contributed by atoms with Gasteiger partial charge in [-0.3, -0.25) is 10.3 Å². The molecule has 30 heavy (non-hydrogen) atoms. The minimum Gasteiger partial charge on any atom is -0.506 e. The molecule has 0 aliphatic heterocycles. The number of anilines is 2. The van der Waals surface area contributed by atoms with Crippen LogP contribution in [-0.2, 0) is 25.7 Å². The van der Waals surface area contributed by atoms with Gasteiger partial charge >= 0.3 is 0 Å². The fraction of sp³-hybridized carbons (Fsp3) is 0.160. The number of rotatable bonds is 2. The molecule has 0 aromatic heterocycles. The van der Waals surface area contributed by atoms with E-state index in [1.54, 1.807) is 12.1 Å². The predicted octanol–water partition coefficient (Wildman–Crippen LogP) is 4.63. The Labute approximate surface area is 173 Å². The molecule has 0 radical (unpaired) electrons. The third-order valence-electron chi connectivity index (χ3n) is 6.58. The number of phenols is 2. The fourth-order valence-corrected chi connectivity index (χ4v) is 5.41. The number of nitrogens with two attached hydrogens (primary N) is 1. The summed E-state index contributed by atoms with van der Waals surface area (Å²) in [6, 6.07) is 15.6. The average Bonchev–Trinajstić information content (AvgIpc) is 3.32. The first kappa shape index (κ1) is 17.2. The van der Waals surface area contributed by atoms with Crippen LogP contribution in [-0.4, -0.2) is 16.2 Å². The van der Waals surface area contributed by atoms with E-state index in [0.717, 1.165) is 58.4 Å². The molecule has 5 nitrogen and oxygen atoms in total. The molecule has 0 spiro atoms. The van der Waals surface area contributed by atoms with E-state index in [1.807, 2.05) is 24.3 Å². The highest BCUT2D eigenvalue weighted by Gasteiger charge is 2.29. The number of hydrogen-bond donors (Lipinski definition) is 4. The van der Waals surface area contributed by atoms with Gasteiger partial charge in [0, 0.05) is 10.8 Å². The van der Waals surface area contributed by atoms with Gasteiger partial charge in [-0.2, -0.15) is 0 Å². The maximum Gasteiger partial charge on any atom is 0.197 e. The van der Waals surface area contributed by atoms with E-state index in [-0.39, 0.29) is 17.5 Å². The van der Waals surface area contributed by atoms with E-state index >= 15 is 0 Å². The summed E-state index contributed by atoms with van der Waals surface area (Å²) in [4.78, 5) is 1.49. The van der Waals surface area contributed by atoms with Gasteiger partial charge in [-0.1, -0.05) is 36.4 Å². The number of nitrogens with one attached hydrogen (secondary N) is 1. The lowest BCUT2D eigenvalue weighted by atomic mass is 9.99. The normalized spacial score (nSPS) is 14.0. The molecular formula is C25H21N3O2. The van der Waals surface area contributed by atoms with Gasteiger partial charge in [0.05, 0.1) is 11.4 Å². The SMILES string of the molecule is N=C(N)N(c1c(O)cc2c3c(cccc13)CC2)c1c(O)cc2c3c(cccc13)CC2. The molecule has 2 aliphatic rings. The Morgan fingerprint density at radius 3 is 1.60 bits per heavy atom. The number of nitrogens with zero attached hydrogens (tertiary/aromatic N) is 1. The summed E-state index contributed by atoms with van der Waals surface area (Å²) >= 11 is 0. The average molecular weight is 395 g/mol. The van der Waals surface area contributed by atoms with Crippen LogP contribution in [0.1, 0.15) is 22.3 Å². The van der Waals surface area contributed by atoms with Crippen molar-refractivity contribution in [1.29, 1.82) is 5.41 Å². The largest absolute Gasteiger partial charge is 0.506 e. The van der Waals surface area contributed by atoms with Crippen LogP contribution in [0.2, 0.25) is 0 Å². The first-order valence-electron chi connectivity index (χ1n) is 10.2. The van der Waals surface area contributed by atoms with Crippen molar-refractivity contribution in [3.63, 3.8) is 0 Å². The maximum absolute atomic E-state index is 11.0. The van der Waals surface area contributed by atoms with Gasteiger partial charge in [-0.05, 0) is 70.8 Å². The second kappa shape index (κ2) is 5.89. The van der Waals surface area contributed by atoms with Gasteiger partial charge in [0.1, 0.15) is 11.5 Å². The zero-order chi connectivity index (χ0) is 20.6. The van der Waals surface area contributed by atoms with Crippen molar-refractivity contribution in [1.82, 2.24) is 0 Å². The quantitative estimate of drug-likeness (QED) is 0.294. The highest BCUT2D eigenvalue weighted by molar-refractivity contribution is 6.17. The first-order valence-corrected chi connectivity index (χ1v) is 10.2. The van der Waals surface area contributed by atoms with Gasteiger partial charge in [0.15, 0.2) is 5.96 Å². The van der Waals surface area contributed by atoms with Crippen LogP contribution in [0.5, 0.6) is 11.5 Å². The van der Waals surface area contributed by atoms with Crippen LogP contribution in [0, 0.1) is 5.41 Å². The van der Waals surface area contributed by atoms with Crippen LogP contribution < -0.4 is 10.6 Å². The lowest BCUT2D eigenvalue weighted by Crippen LogP contribution is -2.32. The predicted molar refractivity (Wildman–Crippen MR) is 120 cm³/mol. The lowest BCUT2D eigenvalue weighted by Gasteiger charge is -2.28. The summed E-state index contributed by atoms with van der Waals surface area (Å²) in [6.45, 7) is 0. The van der Waals surface area contributed by atoms with Gasteiger partial charge in [0.2, 0.25) is 0 Å². The Morgan fingerprint density at radius 1 is 0.733 bits per heavy atom. The molecule has 5 N–H and O–H groups in total. The number of aryl methyl sites for hydroxylation is 4. The van der Waals surface area contributed by atoms with Gasteiger partial charge in [0.25, 0.3) is 0 Å². The highest BCUT2D eigenvalue weighted by Crippen LogP contribution is 2.49. The van der Waals surface area contributed by atoms with E-state index < -0.39 is 0 Å². The smallest absolute Gasteiger partial charge is 0.197 e. The van der Waals surface area contributed by atoms with Crippen LogP contribution in [0.4, 0.5) is 11.4 Å². The number of phenolic OH excluding ortho intramolecular Hbond substituents is 2. The van der Waals surface area contributed by atoms with E-state index in [4.69, 9.17) is 11.1 Å². The minimum absolute atomic E-state index is 0.0643. The van der Waals surface area contributed by atoms with Crippen molar-refractivity contribution < 1.29 is 10.2 Å². The maximum atomic E-state index is 11.0. The molecule has 4 aromatic rings. The van der Waals surface area contributed by atoms with Crippen molar-refractivity contribution in [3.05, 3.63) is 70.8 Å². The number of hydrogen-bond acceptors (Lipinski definition) is 3. The van der Waals surface area contributed by atoms with Gasteiger partial charge < -0.3 is 15.9 Å². The van der Waals surface area contributed by atoms with E-state index in [1.165, 1.54) is 16.0 Å². The van der Waals surface area contributed by atoms with Crippen molar-refractivity contribution in [2.24, 2.45) is 5.73 Å². The van der Waals surface area contributed by atoms with E-state index in [0.29, 0.717) is 11.4 Å². The summed E-state index contributed by atoms with van der Waals surface area (Å²) in [7, 11) is 0. The molecule has 4 aromatic carbocycles. The summed E-state index contributed by atoms with van der Waals surface area (Å²) in [5, 5.41) is 34.4. The Bertz CT molecular complexity index is 1310. The molecule has 0 heterocycles. The van der Waals surface area contributed by atoms with E-state index in [9.17, 15) is 10.2 Å². The Kier molecular flexibility index (Phi) is 3.37. The fourth-order valence-electron chi connectivity index (χ4n) is 5.41. The molecule has 0 atom stereocenters. The van der Waals surface area contributed by atoms with Crippen molar-refractivity contribution in [3.8, 4) is 11.5 Å². The zero-order valence-corrected chi connectivity index (χ0v) is 16.4. The monoisotopic (exact) mass is 395 g/mol. The van der Waals surface area contributed by atoms with Crippen LogP contribution in [0.3, 0.4) is 0 Å². The second-order valence-electron chi connectivity index (χ2n) is 8.21. The Hall–Kier alpha value is -3.73. The third kappa shape index (κ3) is 2.15. The summed E-state index contributed by atoms with van der Waals surface area (Å²) in [5.74, 6) is -0.123. The molecule has 148 valence electrons. The van der Waals surface area contributed by atoms with Crippen LogP contribution in [0.25, 0.3) is 21.5 Å². The summed E-state index contributed by atoms with van der Waals surface area (Å²) < 4.78 is 0.